The van der Waals surface area contributed by atoms with Gasteiger partial charge in [-0.05, 0) is 55.8 Å². The molecule has 25 heavy (non-hydrogen) atoms. The highest BCUT2D eigenvalue weighted by Gasteiger charge is 2.10. The van der Waals surface area contributed by atoms with Gasteiger partial charge in [0.15, 0.2) is 0 Å². The lowest BCUT2D eigenvalue weighted by Crippen LogP contribution is -2.25. The standard InChI is InChI=1S/C22H24N2O/c1-2-6-22-19(5-1)9-10-20(23-22)17-18-7-11-21(12-8-18)25-16-15-24-13-3-4-14-24/h1-2,5-12H,3-4,13-17H2. The molecular formula is C22H24N2O. The Bertz CT molecular complexity index is 823. The van der Waals surface area contributed by atoms with Gasteiger partial charge in [0.2, 0.25) is 0 Å². The van der Waals surface area contributed by atoms with Crippen LogP contribution in [0.3, 0.4) is 0 Å². The smallest absolute Gasteiger partial charge is 0.119 e. The van der Waals surface area contributed by atoms with E-state index < -0.39 is 0 Å². The van der Waals surface area contributed by atoms with Crippen LogP contribution in [0.4, 0.5) is 0 Å². The normalized spacial score (nSPS) is 14.9. The van der Waals surface area contributed by atoms with Crippen LogP contribution in [0, 0.1) is 0 Å². The molecule has 0 saturated carbocycles. The van der Waals surface area contributed by atoms with Crippen LogP contribution in [-0.4, -0.2) is 36.1 Å². The van der Waals surface area contributed by atoms with Crippen LogP contribution in [0.1, 0.15) is 24.1 Å². The molecule has 3 nitrogen and oxygen atoms in total. The molecule has 0 N–H and O–H groups in total. The summed E-state index contributed by atoms with van der Waals surface area (Å²) in [6.07, 6.45) is 3.51. The van der Waals surface area contributed by atoms with Crippen LogP contribution >= 0.6 is 0 Å². The second-order valence-electron chi connectivity index (χ2n) is 6.71. The molecule has 1 aromatic heterocycles. The molecule has 1 fully saturated rings. The van der Waals surface area contributed by atoms with E-state index >= 15 is 0 Å². The van der Waals surface area contributed by atoms with Gasteiger partial charge in [0, 0.05) is 24.0 Å². The van der Waals surface area contributed by atoms with E-state index in [1.807, 2.05) is 12.1 Å². The number of nitrogens with zero attached hydrogens (tertiary/aromatic N) is 2. The van der Waals surface area contributed by atoms with Gasteiger partial charge >= 0.3 is 0 Å². The fourth-order valence-electron chi connectivity index (χ4n) is 3.42. The third-order valence-electron chi connectivity index (χ3n) is 4.84. The molecule has 2 aromatic carbocycles. The average Bonchev–Trinajstić information content (AvgIpc) is 3.17. The molecule has 3 heteroatoms. The van der Waals surface area contributed by atoms with Crippen LogP contribution in [-0.2, 0) is 6.42 Å². The van der Waals surface area contributed by atoms with Crippen LogP contribution in [0.2, 0.25) is 0 Å². The van der Waals surface area contributed by atoms with Gasteiger partial charge in [-0.3, -0.25) is 9.88 Å². The number of aromatic nitrogens is 1. The molecule has 2 heterocycles. The molecule has 1 aliphatic heterocycles. The van der Waals surface area contributed by atoms with Gasteiger partial charge in [-0.25, -0.2) is 0 Å². The fourth-order valence-corrected chi connectivity index (χ4v) is 3.42. The molecule has 0 atom stereocenters. The minimum absolute atomic E-state index is 0.769. The molecule has 0 spiro atoms. The van der Waals surface area contributed by atoms with E-state index in [-0.39, 0.29) is 0 Å². The Morgan fingerprint density at radius 3 is 2.52 bits per heavy atom. The average molecular weight is 332 g/mol. The second-order valence-corrected chi connectivity index (χ2v) is 6.71. The molecule has 0 unspecified atom stereocenters. The quantitative estimate of drug-likeness (QED) is 0.673. The number of ether oxygens (including phenoxy) is 1. The fraction of sp³-hybridized carbons (Fsp3) is 0.318. The molecule has 3 aromatic rings. The van der Waals surface area contributed by atoms with Gasteiger partial charge in [-0.2, -0.15) is 0 Å². The van der Waals surface area contributed by atoms with Crippen molar-refractivity contribution >= 4 is 10.9 Å². The van der Waals surface area contributed by atoms with Crippen molar-refractivity contribution < 1.29 is 4.74 Å². The maximum atomic E-state index is 5.87. The summed E-state index contributed by atoms with van der Waals surface area (Å²) < 4.78 is 5.87. The minimum Gasteiger partial charge on any atom is -0.492 e. The van der Waals surface area contributed by atoms with Gasteiger partial charge < -0.3 is 4.74 Å². The molecule has 4 rings (SSSR count). The lowest BCUT2D eigenvalue weighted by molar-refractivity contribution is 0.238. The zero-order valence-corrected chi connectivity index (χ0v) is 14.5. The number of hydrogen-bond donors (Lipinski definition) is 0. The summed E-state index contributed by atoms with van der Waals surface area (Å²) in [6.45, 7) is 4.25. The lowest BCUT2D eigenvalue weighted by atomic mass is 10.1. The first-order valence-electron chi connectivity index (χ1n) is 9.16. The zero-order chi connectivity index (χ0) is 16.9. The number of pyridine rings is 1. The van der Waals surface area contributed by atoms with Crippen molar-refractivity contribution in [3.63, 3.8) is 0 Å². The predicted molar refractivity (Wildman–Crippen MR) is 102 cm³/mol. The molecule has 1 saturated heterocycles. The highest BCUT2D eigenvalue weighted by Crippen LogP contribution is 2.17. The first-order chi connectivity index (χ1) is 12.4. The molecule has 0 amide bonds. The SMILES string of the molecule is c1ccc2nc(Cc3ccc(OCCN4CCCC4)cc3)ccc2c1. The maximum absolute atomic E-state index is 5.87. The van der Waals surface area contributed by atoms with Crippen molar-refractivity contribution in [1.82, 2.24) is 9.88 Å². The Balaban J connectivity index is 1.34. The van der Waals surface area contributed by atoms with Crippen molar-refractivity contribution in [2.45, 2.75) is 19.3 Å². The highest BCUT2D eigenvalue weighted by molar-refractivity contribution is 5.78. The van der Waals surface area contributed by atoms with E-state index in [9.17, 15) is 0 Å². The van der Waals surface area contributed by atoms with Gasteiger partial charge in [0.25, 0.3) is 0 Å². The third kappa shape index (κ3) is 4.18. The van der Waals surface area contributed by atoms with Gasteiger partial charge in [-0.1, -0.05) is 36.4 Å². The summed E-state index contributed by atoms with van der Waals surface area (Å²) in [6, 6.07) is 20.9. The number of benzene rings is 2. The van der Waals surface area contributed by atoms with E-state index in [1.54, 1.807) is 0 Å². The van der Waals surface area contributed by atoms with Crippen molar-refractivity contribution in [2.75, 3.05) is 26.2 Å². The van der Waals surface area contributed by atoms with Crippen LogP contribution in [0.5, 0.6) is 5.75 Å². The molecule has 1 aliphatic rings. The third-order valence-corrected chi connectivity index (χ3v) is 4.84. The van der Waals surface area contributed by atoms with Crippen LogP contribution in [0.25, 0.3) is 10.9 Å². The number of rotatable bonds is 6. The van der Waals surface area contributed by atoms with E-state index in [0.717, 1.165) is 36.5 Å². The van der Waals surface area contributed by atoms with Gasteiger partial charge in [0.05, 0.1) is 5.52 Å². The summed E-state index contributed by atoms with van der Waals surface area (Å²) in [7, 11) is 0. The molecule has 0 bridgehead atoms. The largest absolute Gasteiger partial charge is 0.492 e. The van der Waals surface area contributed by atoms with Crippen LogP contribution in [0.15, 0.2) is 60.7 Å². The van der Waals surface area contributed by atoms with Crippen molar-refractivity contribution in [3.05, 3.63) is 71.9 Å². The summed E-state index contributed by atoms with van der Waals surface area (Å²) in [4.78, 5) is 7.22. The second kappa shape index (κ2) is 7.66. The van der Waals surface area contributed by atoms with E-state index in [2.05, 4.69) is 53.4 Å². The highest BCUT2D eigenvalue weighted by atomic mass is 16.5. The molecular weight excluding hydrogens is 308 g/mol. The Morgan fingerprint density at radius 2 is 1.68 bits per heavy atom. The predicted octanol–water partition coefficient (Wildman–Crippen LogP) is 4.30. The van der Waals surface area contributed by atoms with E-state index in [4.69, 9.17) is 9.72 Å². The first-order valence-corrected chi connectivity index (χ1v) is 9.16. The summed E-state index contributed by atoms with van der Waals surface area (Å²) in [5.74, 6) is 0.953. The first kappa shape index (κ1) is 16.1. The maximum Gasteiger partial charge on any atom is 0.119 e. The monoisotopic (exact) mass is 332 g/mol. The number of likely N-dealkylation sites (tertiary alicyclic amines) is 1. The molecule has 0 aliphatic carbocycles. The number of fused-ring (bicyclic) bond motifs is 1. The molecule has 0 radical (unpaired) electrons. The van der Waals surface area contributed by atoms with Crippen molar-refractivity contribution in [1.29, 1.82) is 0 Å². The van der Waals surface area contributed by atoms with E-state index in [0.29, 0.717) is 0 Å². The van der Waals surface area contributed by atoms with E-state index in [1.165, 1.54) is 36.9 Å². The molecule has 128 valence electrons. The summed E-state index contributed by atoms with van der Waals surface area (Å²) in [5, 5.41) is 1.19. The topological polar surface area (TPSA) is 25.4 Å². The summed E-state index contributed by atoms with van der Waals surface area (Å²) >= 11 is 0. The Hall–Kier alpha value is -2.39. The number of para-hydroxylation sites is 1. The Kier molecular flexibility index (Phi) is 4.93. The van der Waals surface area contributed by atoms with Gasteiger partial charge in [-0.15, -0.1) is 0 Å². The van der Waals surface area contributed by atoms with Crippen molar-refractivity contribution in [3.8, 4) is 5.75 Å². The number of hydrogen-bond acceptors (Lipinski definition) is 3. The van der Waals surface area contributed by atoms with Crippen molar-refractivity contribution in [2.24, 2.45) is 0 Å². The van der Waals surface area contributed by atoms with Gasteiger partial charge in [0.1, 0.15) is 12.4 Å². The Labute approximate surface area is 149 Å². The minimum atomic E-state index is 0.769. The Morgan fingerprint density at radius 1 is 0.880 bits per heavy atom. The summed E-state index contributed by atoms with van der Waals surface area (Å²) in [5.41, 5.74) is 3.41. The lowest BCUT2D eigenvalue weighted by Gasteiger charge is -2.15. The van der Waals surface area contributed by atoms with Crippen LogP contribution < -0.4 is 4.74 Å². The zero-order valence-electron chi connectivity index (χ0n) is 14.5.